The summed E-state index contributed by atoms with van der Waals surface area (Å²) in [6, 6.07) is 6.77. The highest BCUT2D eigenvalue weighted by atomic mass is 16.5. The minimum atomic E-state index is -0.319. The summed E-state index contributed by atoms with van der Waals surface area (Å²) >= 11 is 0. The van der Waals surface area contributed by atoms with Crippen molar-refractivity contribution in [3.63, 3.8) is 0 Å². The molecule has 16 heavy (non-hydrogen) atoms. The monoisotopic (exact) mass is 215 g/mol. The summed E-state index contributed by atoms with van der Waals surface area (Å²) in [5, 5.41) is 0. The SMILES string of the molecule is Nc1ccc(OC(=O)C2=CCCC=C2)cc1. The third kappa shape index (κ3) is 2.51. The van der Waals surface area contributed by atoms with Crippen LogP contribution in [0.25, 0.3) is 0 Å². The highest BCUT2D eigenvalue weighted by Gasteiger charge is 2.10. The first-order valence-electron chi connectivity index (χ1n) is 5.20. The molecule has 0 saturated heterocycles. The Bertz CT molecular complexity index is 444. The highest BCUT2D eigenvalue weighted by Crippen LogP contribution is 2.17. The molecule has 0 atom stereocenters. The summed E-state index contributed by atoms with van der Waals surface area (Å²) in [7, 11) is 0. The molecule has 0 fully saturated rings. The second kappa shape index (κ2) is 4.66. The molecule has 3 heteroatoms. The predicted molar refractivity (Wildman–Crippen MR) is 62.9 cm³/mol. The van der Waals surface area contributed by atoms with Crippen LogP contribution in [-0.2, 0) is 4.79 Å². The number of nitrogen functional groups attached to an aromatic ring is 1. The number of hydrogen-bond donors (Lipinski definition) is 1. The predicted octanol–water partition coefficient (Wildman–Crippen LogP) is 2.45. The summed E-state index contributed by atoms with van der Waals surface area (Å²) in [5.74, 6) is 0.194. The van der Waals surface area contributed by atoms with Crippen LogP contribution in [0.15, 0.2) is 48.1 Å². The number of rotatable bonds is 2. The molecule has 0 aromatic heterocycles. The lowest BCUT2D eigenvalue weighted by Gasteiger charge is -2.07. The summed E-state index contributed by atoms with van der Waals surface area (Å²) < 4.78 is 5.19. The minimum absolute atomic E-state index is 0.319. The van der Waals surface area contributed by atoms with Crippen LogP contribution in [0.4, 0.5) is 5.69 Å². The maximum atomic E-state index is 11.7. The van der Waals surface area contributed by atoms with Gasteiger partial charge < -0.3 is 10.5 Å². The largest absolute Gasteiger partial charge is 0.423 e. The Balaban J connectivity index is 2.04. The number of anilines is 1. The number of ether oxygens (including phenoxy) is 1. The molecule has 0 unspecified atom stereocenters. The van der Waals surface area contributed by atoms with Gasteiger partial charge in [0, 0.05) is 5.69 Å². The number of carbonyl (C=O) groups is 1. The van der Waals surface area contributed by atoms with E-state index in [0.717, 1.165) is 12.8 Å². The van der Waals surface area contributed by atoms with Gasteiger partial charge in [-0.3, -0.25) is 0 Å². The Kier molecular flexibility index (Phi) is 3.05. The van der Waals surface area contributed by atoms with E-state index in [1.54, 1.807) is 30.3 Å². The van der Waals surface area contributed by atoms with E-state index in [-0.39, 0.29) is 5.97 Å². The van der Waals surface area contributed by atoms with Crippen LogP contribution >= 0.6 is 0 Å². The normalized spacial score (nSPS) is 14.4. The molecule has 1 aliphatic carbocycles. The van der Waals surface area contributed by atoms with Crippen LogP contribution in [0.1, 0.15) is 12.8 Å². The average Bonchev–Trinajstić information content (AvgIpc) is 2.33. The van der Waals surface area contributed by atoms with E-state index in [1.807, 2.05) is 12.2 Å². The Morgan fingerprint density at radius 2 is 1.94 bits per heavy atom. The standard InChI is InChI=1S/C13H13NO2/c14-11-6-8-12(9-7-11)16-13(15)10-4-2-1-3-5-10/h2,4-9H,1,3,14H2. The van der Waals surface area contributed by atoms with Crippen LogP contribution in [0.2, 0.25) is 0 Å². The number of carbonyl (C=O) groups excluding carboxylic acids is 1. The van der Waals surface area contributed by atoms with Crippen LogP contribution in [0, 0.1) is 0 Å². The molecule has 1 aliphatic rings. The Hall–Kier alpha value is -2.03. The molecular formula is C13H13NO2. The van der Waals surface area contributed by atoms with E-state index in [9.17, 15) is 4.79 Å². The molecule has 0 heterocycles. The second-order valence-electron chi connectivity index (χ2n) is 3.60. The minimum Gasteiger partial charge on any atom is -0.423 e. The summed E-state index contributed by atoms with van der Waals surface area (Å²) in [5.41, 5.74) is 6.80. The van der Waals surface area contributed by atoms with Crippen molar-refractivity contribution in [2.45, 2.75) is 12.8 Å². The fourth-order valence-corrected chi connectivity index (χ4v) is 1.47. The third-order valence-corrected chi connectivity index (χ3v) is 2.32. The summed E-state index contributed by atoms with van der Waals surface area (Å²) in [6.07, 6.45) is 7.53. The lowest BCUT2D eigenvalue weighted by Crippen LogP contribution is -2.10. The van der Waals surface area contributed by atoms with Gasteiger partial charge in [-0.05, 0) is 37.1 Å². The number of nitrogens with two attached hydrogens (primary N) is 1. The third-order valence-electron chi connectivity index (χ3n) is 2.32. The van der Waals surface area contributed by atoms with Crippen molar-refractivity contribution in [2.75, 3.05) is 5.73 Å². The molecule has 1 aromatic carbocycles. The van der Waals surface area contributed by atoms with Crippen LogP contribution < -0.4 is 10.5 Å². The molecule has 0 spiro atoms. The number of esters is 1. The van der Waals surface area contributed by atoms with E-state index in [4.69, 9.17) is 10.5 Å². The van der Waals surface area contributed by atoms with Crippen molar-refractivity contribution in [3.8, 4) is 5.75 Å². The maximum Gasteiger partial charge on any atom is 0.343 e. The fraction of sp³-hybridized carbons (Fsp3) is 0.154. The molecule has 2 N–H and O–H groups in total. The van der Waals surface area contributed by atoms with Crippen molar-refractivity contribution in [2.24, 2.45) is 0 Å². The summed E-state index contributed by atoms with van der Waals surface area (Å²) in [6.45, 7) is 0. The zero-order valence-corrected chi connectivity index (χ0v) is 8.85. The highest BCUT2D eigenvalue weighted by molar-refractivity contribution is 5.93. The van der Waals surface area contributed by atoms with E-state index in [2.05, 4.69) is 0 Å². The van der Waals surface area contributed by atoms with Gasteiger partial charge in [-0.15, -0.1) is 0 Å². The van der Waals surface area contributed by atoms with Crippen molar-refractivity contribution >= 4 is 11.7 Å². The molecule has 0 radical (unpaired) electrons. The first-order chi connectivity index (χ1) is 7.75. The molecule has 2 rings (SSSR count). The molecular weight excluding hydrogens is 202 g/mol. The van der Waals surface area contributed by atoms with E-state index >= 15 is 0 Å². The van der Waals surface area contributed by atoms with Gasteiger partial charge in [0.05, 0.1) is 5.57 Å². The molecule has 0 saturated carbocycles. The number of allylic oxidation sites excluding steroid dienone is 2. The molecule has 0 amide bonds. The Labute approximate surface area is 94.2 Å². The first kappa shape index (κ1) is 10.5. The van der Waals surface area contributed by atoms with Gasteiger partial charge in [0.15, 0.2) is 0 Å². The van der Waals surface area contributed by atoms with Gasteiger partial charge in [-0.2, -0.15) is 0 Å². The Morgan fingerprint density at radius 3 is 2.56 bits per heavy atom. The topological polar surface area (TPSA) is 52.3 Å². The molecule has 82 valence electrons. The number of benzene rings is 1. The fourth-order valence-electron chi connectivity index (χ4n) is 1.47. The zero-order chi connectivity index (χ0) is 11.4. The van der Waals surface area contributed by atoms with Gasteiger partial charge in [0.1, 0.15) is 5.75 Å². The van der Waals surface area contributed by atoms with Gasteiger partial charge >= 0.3 is 5.97 Å². The maximum absolute atomic E-state index is 11.7. The van der Waals surface area contributed by atoms with Gasteiger partial charge in [-0.25, -0.2) is 4.79 Å². The van der Waals surface area contributed by atoms with Crippen molar-refractivity contribution < 1.29 is 9.53 Å². The van der Waals surface area contributed by atoms with Crippen LogP contribution in [0.3, 0.4) is 0 Å². The molecule has 0 aliphatic heterocycles. The quantitative estimate of drug-likeness (QED) is 0.468. The van der Waals surface area contributed by atoms with Crippen molar-refractivity contribution in [1.82, 2.24) is 0 Å². The molecule has 3 nitrogen and oxygen atoms in total. The van der Waals surface area contributed by atoms with E-state index < -0.39 is 0 Å². The molecule has 1 aromatic rings. The van der Waals surface area contributed by atoms with Crippen molar-refractivity contribution in [3.05, 3.63) is 48.1 Å². The van der Waals surface area contributed by atoms with Gasteiger partial charge in [-0.1, -0.05) is 18.2 Å². The van der Waals surface area contributed by atoms with Gasteiger partial charge in [0.2, 0.25) is 0 Å². The lowest BCUT2D eigenvalue weighted by molar-refractivity contribution is -0.129. The van der Waals surface area contributed by atoms with Crippen LogP contribution in [-0.4, -0.2) is 5.97 Å². The van der Waals surface area contributed by atoms with E-state index in [0.29, 0.717) is 17.0 Å². The van der Waals surface area contributed by atoms with Gasteiger partial charge in [0.25, 0.3) is 0 Å². The lowest BCUT2D eigenvalue weighted by atomic mass is 10.1. The Morgan fingerprint density at radius 1 is 1.19 bits per heavy atom. The first-order valence-corrected chi connectivity index (χ1v) is 5.20. The van der Waals surface area contributed by atoms with Crippen molar-refractivity contribution in [1.29, 1.82) is 0 Å². The zero-order valence-electron chi connectivity index (χ0n) is 8.85. The average molecular weight is 215 g/mol. The van der Waals surface area contributed by atoms with Crippen LogP contribution in [0.5, 0.6) is 5.75 Å². The molecule has 0 bridgehead atoms. The van der Waals surface area contributed by atoms with E-state index in [1.165, 1.54) is 0 Å². The number of hydrogen-bond acceptors (Lipinski definition) is 3. The smallest absolute Gasteiger partial charge is 0.343 e. The summed E-state index contributed by atoms with van der Waals surface area (Å²) in [4.78, 5) is 11.7. The second-order valence-corrected chi connectivity index (χ2v) is 3.60.